The summed E-state index contributed by atoms with van der Waals surface area (Å²) in [6.45, 7) is 7.31. The number of rotatable bonds is 12. The molecule has 0 aliphatic rings. The predicted molar refractivity (Wildman–Crippen MR) is 116 cm³/mol. The van der Waals surface area contributed by atoms with Crippen LogP contribution in [0.1, 0.15) is 50.8 Å². The van der Waals surface area contributed by atoms with Gasteiger partial charge in [-0.3, -0.25) is 4.79 Å². The zero-order valence-electron chi connectivity index (χ0n) is 15.1. The van der Waals surface area contributed by atoms with Crippen molar-refractivity contribution in [3.05, 3.63) is 35.4 Å². The molecule has 2 atom stereocenters. The zero-order valence-corrected chi connectivity index (χ0v) is 19.1. The first-order valence-corrected chi connectivity index (χ1v) is 13.1. The van der Waals surface area contributed by atoms with E-state index in [1.54, 1.807) is 0 Å². The Balaban J connectivity index is 2.66. The van der Waals surface area contributed by atoms with E-state index in [4.69, 9.17) is 14.0 Å². The largest absolute Gasteiger partial charge is 0.466 e. The summed E-state index contributed by atoms with van der Waals surface area (Å²) >= 11 is 6.55. The molecule has 0 spiro atoms. The van der Waals surface area contributed by atoms with E-state index in [2.05, 4.69) is 46.8 Å². The van der Waals surface area contributed by atoms with Crippen LogP contribution in [0.15, 0.2) is 24.3 Å². The summed E-state index contributed by atoms with van der Waals surface area (Å²) < 4.78 is 16.8. The Kier molecular flexibility index (Phi) is 11.6. The number of halogens is 1. The number of carbonyl (C=O) groups is 1. The maximum absolute atomic E-state index is 11.5. The van der Waals surface area contributed by atoms with Gasteiger partial charge in [-0.1, -0.05) is 24.3 Å². The molecule has 0 saturated carbocycles. The summed E-state index contributed by atoms with van der Waals surface area (Å²) in [5, 5.41) is 0. The van der Waals surface area contributed by atoms with Crippen molar-refractivity contribution in [1.29, 1.82) is 0 Å². The SMILES string of the molecule is CCOC(=O)CCc1cccc(C(CCOC(C)(C)CS)OPI)c1. The normalized spacial score (nSPS) is 13.3. The number of hydrogen-bond acceptors (Lipinski definition) is 5. The molecule has 1 aromatic carbocycles. The Hall–Kier alpha value is 0.120. The molecule has 0 amide bonds. The van der Waals surface area contributed by atoms with Gasteiger partial charge in [0.25, 0.3) is 0 Å². The van der Waals surface area contributed by atoms with Crippen LogP contribution in [0.2, 0.25) is 0 Å². The first-order valence-electron chi connectivity index (χ1n) is 8.42. The number of thiol groups is 1. The molecule has 0 heterocycles. The first-order chi connectivity index (χ1) is 11.9. The Labute approximate surface area is 171 Å². The quantitative estimate of drug-likeness (QED) is 0.184. The van der Waals surface area contributed by atoms with Crippen LogP contribution < -0.4 is 0 Å². The van der Waals surface area contributed by atoms with Crippen LogP contribution in [0.25, 0.3) is 0 Å². The van der Waals surface area contributed by atoms with E-state index in [1.165, 1.54) is 0 Å². The van der Waals surface area contributed by atoms with E-state index in [0.717, 1.165) is 17.5 Å². The van der Waals surface area contributed by atoms with E-state index >= 15 is 0 Å². The minimum atomic E-state index is -0.234. The van der Waals surface area contributed by atoms with Gasteiger partial charge in [-0.05, 0) is 60.4 Å². The highest BCUT2D eigenvalue weighted by Crippen LogP contribution is 2.34. The molecule has 0 saturated heterocycles. The summed E-state index contributed by atoms with van der Waals surface area (Å²) in [4.78, 5) is 11.5. The van der Waals surface area contributed by atoms with Crippen molar-refractivity contribution in [2.75, 3.05) is 19.0 Å². The van der Waals surface area contributed by atoms with Crippen LogP contribution in [0.4, 0.5) is 0 Å². The first kappa shape index (κ1) is 23.2. The lowest BCUT2D eigenvalue weighted by Gasteiger charge is -2.25. The minimum Gasteiger partial charge on any atom is -0.466 e. The molecule has 4 nitrogen and oxygen atoms in total. The van der Waals surface area contributed by atoms with Crippen LogP contribution in [0, 0.1) is 0 Å². The van der Waals surface area contributed by atoms with Gasteiger partial charge in [0.05, 0.1) is 31.4 Å². The highest BCUT2D eigenvalue weighted by molar-refractivity contribution is 14.2. The Bertz CT molecular complexity index is 528. The maximum atomic E-state index is 11.5. The standard InChI is InChI=1S/C18H28IO4PS/c1-4-21-17(20)9-8-14-6-5-7-15(12-14)16(23-24-19)10-11-22-18(2,3)13-25/h5-7,12,16,24-25H,4,8-11,13H2,1-3H3. The number of esters is 1. The lowest BCUT2D eigenvalue weighted by atomic mass is 10.0. The molecule has 142 valence electrons. The third-order valence-electron chi connectivity index (χ3n) is 3.69. The van der Waals surface area contributed by atoms with Crippen LogP contribution >= 0.6 is 41.1 Å². The molecule has 0 bridgehead atoms. The maximum Gasteiger partial charge on any atom is 0.306 e. The lowest BCUT2D eigenvalue weighted by molar-refractivity contribution is -0.143. The van der Waals surface area contributed by atoms with Crippen molar-refractivity contribution < 1.29 is 18.8 Å². The predicted octanol–water partition coefficient (Wildman–Crippen LogP) is 5.30. The molecule has 25 heavy (non-hydrogen) atoms. The van der Waals surface area contributed by atoms with Crippen LogP contribution in [-0.4, -0.2) is 30.5 Å². The van der Waals surface area contributed by atoms with Crippen molar-refractivity contribution in [2.24, 2.45) is 0 Å². The molecule has 1 aromatic rings. The van der Waals surface area contributed by atoms with Gasteiger partial charge in [0.2, 0.25) is 0 Å². The second-order valence-corrected chi connectivity index (χ2v) is 8.32. The molecule has 2 unspecified atom stereocenters. The highest BCUT2D eigenvalue weighted by atomic mass is 127. The van der Waals surface area contributed by atoms with Gasteiger partial charge in [-0.25, -0.2) is 0 Å². The van der Waals surface area contributed by atoms with Gasteiger partial charge >= 0.3 is 5.97 Å². The summed E-state index contributed by atoms with van der Waals surface area (Å²) in [5.74, 6) is 0.521. The number of ether oxygens (including phenoxy) is 2. The Morgan fingerprint density at radius 1 is 1.40 bits per heavy atom. The summed E-state index contributed by atoms with van der Waals surface area (Å²) in [6.07, 6.45) is 1.85. The molecule has 0 aliphatic carbocycles. The fourth-order valence-corrected chi connectivity index (χ4v) is 3.64. The third-order valence-corrected chi connectivity index (χ3v) is 5.58. The van der Waals surface area contributed by atoms with E-state index in [1.807, 2.05) is 32.9 Å². The fourth-order valence-electron chi connectivity index (χ4n) is 2.26. The molecule has 7 heteroatoms. The summed E-state index contributed by atoms with van der Waals surface area (Å²) in [5.41, 5.74) is 2.01. The average molecular weight is 498 g/mol. The number of carbonyl (C=O) groups excluding carboxylic acids is 1. The second kappa shape index (κ2) is 12.5. The van der Waals surface area contributed by atoms with Gasteiger partial charge in [-0.15, -0.1) is 0 Å². The highest BCUT2D eigenvalue weighted by Gasteiger charge is 2.18. The molecule has 0 aliphatic heterocycles. The average Bonchev–Trinajstić information content (AvgIpc) is 2.60. The molecular weight excluding hydrogens is 470 g/mol. The fraction of sp³-hybridized carbons (Fsp3) is 0.611. The van der Waals surface area contributed by atoms with Crippen molar-refractivity contribution in [3.63, 3.8) is 0 Å². The van der Waals surface area contributed by atoms with Gasteiger partial charge in [0, 0.05) is 18.6 Å². The number of benzene rings is 1. The van der Waals surface area contributed by atoms with Crippen LogP contribution in [0.3, 0.4) is 0 Å². The second-order valence-electron chi connectivity index (χ2n) is 6.29. The lowest BCUT2D eigenvalue weighted by Crippen LogP contribution is -2.27. The van der Waals surface area contributed by atoms with Crippen molar-refractivity contribution in [3.8, 4) is 0 Å². The number of aryl methyl sites for hydroxylation is 1. The smallest absolute Gasteiger partial charge is 0.306 e. The summed E-state index contributed by atoms with van der Waals surface area (Å²) in [7, 11) is 0. The molecule has 0 fully saturated rings. The monoisotopic (exact) mass is 498 g/mol. The van der Waals surface area contributed by atoms with Crippen molar-refractivity contribution >= 4 is 47.1 Å². The summed E-state index contributed by atoms with van der Waals surface area (Å²) in [6, 6.07) is 8.23. The van der Waals surface area contributed by atoms with E-state index in [9.17, 15) is 4.79 Å². The molecule has 1 rings (SSSR count). The zero-order chi connectivity index (χ0) is 18.7. The van der Waals surface area contributed by atoms with E-state index in [-0.39, 0.29) is 17.7 Å². The molecule has 0 N–H and O–H groups in total. The van der Waals surface area contributed by atoms with Crippen molar-refractivity contribution in [2.45, 2.75) is 51.7 Å². The molecular formula is C18H28IO4PS. The van der Waals surface area contributed by atoms with Gasteiger partial charge in [0.1, 0.15) is 0 Å². The van der Waals surface area contributed by atoms with Gasteiger partial charge < -0.3 is 14.0 Å². The molecule has 0 radical (unpaired) electrons. The van der Waals surface area contributed by atoms with Gasteiger partial charge in [0.15, 0.2) is 0 Å². The van der Waals surface area contributed by atoms with E-state index < -0.39 is 0 Å². The molecule has 0 aromatic heterocycles. The van der Waals surface area contributed by atoms with Crippen LogP contribution in [0.5, 0.6) is 0 Å². The van der Waals surface area contributed by atoms with Crippen LogP contribution in [-0.2, 0) is 25.2 Å². The third kappa shape index (κ3) is 9.57. The minimum absolute atomic E-state index is 0.00602. The van der Waals surface area contributed by atoms with Crippen molar-refractivity contribution in [1.82, 2.24) is 0 Å². The van der Waals surface area contributed by atoms with E-state index in [0.29, 0.717) is 38.3 Å². The number of hydrogen-bond donors (Lipinski definition) is 1. The Morgan fingerprint density at radius 2 is 2.16 bits per heavy atom. The Morgan fingerprint density at radius 3 is 2.80 bits per heavy atom. The topological polar surface area (TPSA) is 44.8 Å². The van der Waals surface area contributed by atoms with Gasteiger partial charge in [-0.2, -0.15) is 12.6 Å².